The Balaban J connectivity index is 1.50. The number of hydrogen-bond acceptors (Lipinski definition) is 4. The van der Waals surface area contributed by atoms with E-state index in [2.05, 4.69) is 10.3 Å². The fourth-order valence-corrected chi connectivity index (χ4v) is 2.55. The summed E-state index contributed by atoms with van der Waals surface area (Å²) in [6, 6.07) is 13.9. The van der Waals surface area contributed by atoms with Crippen LogP contribution in [-0.2, 0) is 11.3 Å². The molecular weight excluding hydrogens is 385 g/mol. The van der Waals surface area contributed by atoms with Crippen LogP contribution >= 0.6 is 11.6 Å². The fraction of sp³-hybridized carbons (Fsp3) is 0.150. The van der Waals surface area contributed by atoms with E-state index < -0.39 is 0 Å². The Hall–Kier alpha value is -3.19. The highest BCUT2D eigenvalue weighted by atomic mass is 35.5. The SMILES string of the molecule is O=C(Cn1cnc(-c2ccc(Cl)cc2)cc1=O)NCCOc1ccc(F)cc1. The summed E-state index contributed by atoms with van der Waals surface area (Å²) in [4.78, 5) is 28.4. The van der Waals surface area contributed by atoms with E-state index >= 15 is 0 Å². The predicted octanol–water partition coefficient (Wildman–Crippen LogP) is 2.90. The van der Waals surface area contributed by atoms with Gasteiger partial charge in [-0.25, -0.2) is 9.37 Å². The van der Waals surface area contributed by atoms with Crippen molar-refractivity contribution in [2.75, 3.05) is 13.2 Å². The first-order chi connectivity index (χ1) is 13.5. The number of rotatable bonds is 7. The first-order valence-corrected chi connectivity index (χ1v) is 8.86. The zero-order chi connectivity index (χ0) is 19.9. The molecule has 0 fully saturated rings. The van der Waals surface area contributed by atoms with Gasteiger partial charge in [0.05, 0.1) is 18.6 Å². The van der Waals surface area contributed by atoms with Crippen molar-refractivity contribution >= 4 is 17.5 Å². The number of halogens is 2. The van der Waals surface area contributed by atoms with E-state index in [9.17, 15) is 14.0 Å². The number of nitrogens with zero attached hydrogens (tertiary/aromatic N) is 2. The maximum Gasteiger partial charge on any atom is 0.254 e. The number of carbonyl (C=O) groups excluding carboxylic acids is 1. The molecule has 144 valence electrons. The standard InChI is InChI=1S/C20H17ClFN3O3/c21-15-3-1-14(2-4-15)18-11-20(27)25(13-24-18)12-19(26)23-9-10-28-17-7-5-16(22)6-8-17/h1-8,11,13H,9-10,12H2,(H,23,26). The topological polar surface area (TPSA) is 73.2 Å². The number of nitrogens with one attached hydrogen (secondary N) is 1. The van der Waals surface area contributed by atoms with Crippen LogP contribution in [0.3, 0.4) is 0 Å². The molecule has 0 bridgehead atoms. The van der Waals surface area contributed by atoms with Crippen LogP contribution in [0.1, 0.15) is 0 Å². The monoisotopic (exact) mass is 401 g/mol. The van der Waals surface area contributed by atoms with Crippen molar-refractivity contribution in [3.05, 3.63) is 82.1 Å². The lowest BCUT2D eigenvalue weighted by Crippen LogP contribution is -2.34. The molecule has 1 N–H and O–H groups in total. The molecule has 3 rings (SSSR count). The van der Waals surface area contributed by atoms with Crippen molar-refractivity contribution in [3.63, 3.8) is 0 Å². The van der Waals surface area contributed by atoms with Gasteiger partial charge in [-0.3, -0.25) is 14.2 Å². The van der Waals surface area contributed by atoms with E-state index in [0.29, 0.717) is 16.5 Å². The number of benzene rings is 2. The van der Waals surface area contributed by atoms with Crippen molar-refractivity contribution < 1.29 is 13.9 Å². The van der Waals surface area contributed by atoms with Crippen LogP contribution in [0.5, 0.6) is 5.75 Å². The van der Waals surface area contributed by atoms with Gasteiger partial charge in [0.2, 0.25) is 5.91 Å². The van der Waals surface area contributed by atoms with E-state index in [1.54, 1.807) is 24.3 Å². The second-order valence-electron chi connectivity index (χ2n) is 5.90. The minimum atomic E-state index is -0.346. The predicted molar refractivity (Wildman–Crippen MR) is 104 cm³/mol. The van der Waals surface area contributed by atoms with Crippen LogP contribution in [0.2, 0.25) is 5.02 Å². The molecular formula is C20H17ClFN3O3. The first kappa shape index (κ1) is 19.6. The van der Waals surface area contributed by atoms with E-state index in [1.807, 2.05) is 0 Å². The van der Waals surface area contributed by atoms with Crippen molar-refractivity contribution in [1.82, 2.24) is 14.9 Å². The molecule has 2 aromatic carbocycles. The smallest absolute Gasteiger partial charge is 0.254 e. The summed E-state index contributed by atoms with van der Waals surface area (Å²) < 4.78 is 19.4. The minimum Gasteiger partial charge on any atom is -0.492 e. The van der Waals surface area contributed by atoms with Crippen LogP contribution in [-0.4, -0.2) is 28.6 Å². The van der Waals surface area contributed by atoms with E-state index in [-0.39, 0.29) is 37.0 Å². The van der Waals surface area contributed by atoms with E-state index in [1.165, 1.54) is 41.2 Å². The van der Waals surface area contributed by atoms with Crippen molar-refractivity contribution in [3.8, 4) is 17.0 Å². The average molecular weight is 402 g/mol. The minimum absolute atomic E-state index is 0.150. The Morgan fingerprint density at radius 2 is 1.86 bits per heavy atom. The third kappa shape index (κ3) is 5.40. The molecule has 1 aromatic heterocycles. The van der Waals surface area contributed by atoms with Gasteiger partial charge in [-0.2, -0.15) is 0 Å². The molecule has 8 heteroatoms. The molecule has 0 radical (unpaired) electrons. The number of aromatic nitrogens is 2. The molecule has 1 heterocycles. The lowest BCUT2D eigenvalue weighted by Gasteiger charge is -2.09. The third-order valence-electron chi connectivity index (χ3n) is 3.84. The van der Waals surface area contributed by atoms with Crippen molar-refractivity contribution in [2.24, 2.45) is 0 Å². The highest BCUT2D eigenvalue weighted by Gasteiger charge is 2.07. The third-order valence-corrected chi connectivity index (χ3v) is 4.09. The van der Waals surface area contributed by atoms with Gasteiger partial charge < -0.3 is 10.1 Å². The molecule has 0 aliphatic carbocycles. The molecule has 3 aromatic rings. The lowest BCUT2D eigenvalue weighted by atomic mass is 10.1. The fourth-order valence-electron chi connectivity index (χ4n) is 2.42. The summed E-state index contributed by atoms with van der Waals surface area (Å²) in [6.45, 7) is 0.324. The number of amides is 1. The Bertz CT molecular complexity index is 1000. The Morgan fingerprint density at radius 1 is 1.14 bits per heavy atom. The van der Waals surface area contributed by atoms with Gasteiger partial charge in [-0.05, 0) is 36.4 Å². The quantitative estimate of drug-likeness (QED) is 0.618. The molecule has 0 aliphatic rings. The van der Waals surface area contributed by atoms with Gasteiger partial charge in [-0.1, -0.05) is 23.7 Å². The zero-order valence-electron chi connectivity index (χ0n) is 14.8. The van der Waals surface area contributed by atoms with Gasteiger partial charge in [0, 0.05) is 16.7 Å². The lowest BCUT2D eigenvalue weighted by molar-refractivity contribution is -0.121. The normalized spacial score (nSPS) is 10.5. The molecule has 1 amide bonds. The highest BCUT2D eigenvalue weighted by molar-refractivity contribution is 6.30. The Kier molecular flexibility index (Phi) is 6.39. The van der Waals surface area contributed by atoms with Crippen LogP contribution < -0.4 is 15.6 Å². The highest BCUT2D eigenvalue weighted by Crippen LogP contribution is 2.17. The summed E-state index contributed by atoms with van der Waals surface area (Å²) in [5.74, 6) is -0.179. The Morgan fingerprint density at radius 3 is 2.54 bits per heavy atom. The molecule has 0 aliphatic heterocycles. The molecule has 0 atom stereocenters. The van der Waals surface area contributed by atoms with Gasteiger partial charge in [0.1, 0.15) is 24.7 Å². The van der Waals surface area contributed by atoms with Crippen molar-refractivity contribution in [1.29, 1.82) is 0 Å². The second-order valence-corrected chi connectivity index (χ2v) is 6.34. The van der Waals surface area contributed by atoms with Crippen LogP contribution in [0.4, 0.5) is 4.39 Å². The summed E-state index contributed by atoms with van der Waals surface area (Å²) in [5.41, 5.74) is 0.930. The molecule has 28 heavy (non-hydrogen) atoms. The largest absolute Gasteiger partial charge is 0.492 e. The summed E-state index contributed by atoms with van der Waals surface area (Å²) in [7, 11) is 0. The molecule has 0 spiro atoms. The number of ether oxygens (including phenoxy) is 1. The second kappa shape index (κ2) is 9.14. The molecule has 6 nitrogen and oxygen atoms in total. The maximum atomic E-state index is 12.8. The first-order valence-electron chi connectivity index (χ1n) is 8.49. The number of hydrogen-bond donors (Lipinski definition) is 1. The van der Waals surface area contributed by atoms with Crippen LogP contribution in [0.25, 0.3) is 11.3 Å². The molecule has 0 saturated heterocycles. The van der Waals surface area contributed by atoms with Crippen molar-refractivity contribution in [2.45, 2.75) is 6.54 Å². The molecule has 0 saturated carbocycles. The Labute approximate surface area is 165 Å². The van der Waals surface area contributed by atoms with Gasteiger partial charge >= 0.3 is 0 Å². The molecule has 0 unspecified atom stereocenters. The average Bonchev–Trinajstić information content (AvgIpc) is 2.69. The zero-order valence-corrected chi connectivity index (χ0v) is 15.5. The number of carbonyl (C=O) groups is 1. The van der Waals surface area contributed by atoms with E-state index in [0.717, 1.165) is 5.56 Å². The van der Waals surface area contributed by atoms with Gasteiger partial charge in [-0.15, -0.1) is 0 Å². The van der Waals surface area contributed by atoms with Crippen LogP contribution in [0, 0.1) is 5.82 Å². The van der Waals surface area contributed by atoms with Gasteiger partial charge in [0.15, 0.2) is 0 Å². The van der Waals surface area contributed by atoms with Crippen LogP contribution in [0.15, 0.2) is 65.7 Å². The maximum absolute atomic E-state index is 12.8. The summed E-state index contributed by atoms with van der Waals surface area (Å²) >= 11 is 5.85. The summed E-state index contributed by atoms with van der Waals surface area (Å²) in [6.07, 6.45) is 1.33. The summed E-state index contributed by atoms with van der Waals surface area (Å²) in [5, 5.41) is 3.25. The van der Waals surface area contributed by atoms with Gasteiger partial charge in [0.25, 0.3) is 5.56 Å². The van der Waals surface area contributed by atoms with E-state index in [4.69, 9.17) is 16.3 Å².